The molecule has 0 heterocycles. The Labute approximate surface area is 149 Å². The second-order valence-corrected chi connectivity index (χ2v) is 9.32. The number of rotatable bonds is 2. The number of ketones is 2. The second kappa shape index (κ2) is 5.60. The van der Waals surface area contributed by atoms with E-state index in [1.807, 2.05) is 6.08 Å². The topological polar surface area (TPSA) is 71.4 Å². The van der Waals surface area contributed by atoms with E-state index in [1.54, 1.807) is 0 Å². The van der Waals surface area contributed by atoms with Crippen LogP contribution in [0.15, 0.2) is 11.6 Å². The summed E-state index contributed by atoms with van der Waals surface area (Å²) < 4.78 is 0. The normalized spacial score (nSPS) is 48.8. The van der Waals surface area contributed by atoms with Crippen LogP contribution in [0, 0.1) is 34.5 Å². The molecule has 0 aromatic rings. The number of aldehydes is 1. The van der Waals surface area contributed by atoms with Crippen LogP contribution in [0.3, 0.4) is 0 Å². The fourth-order valence-electron chi connectivity index (χ4n) is 7.24. The second-order valence-electron chi connectivity index (χ2n) is 9.32. The van der Waals surface area contributed by atoms with Gasteiger partial charge < -0.3 is 5.11 Å². The van der Waals surface area contributed by atoms with Crippen molar-refractivity contribution in [1.29, 1.82) is 0 Å². The summed E-state index contributed by atoms with van der Waals surface area (Å²) in [4.78, 5) is 35.1. The number of aliphatic hydroxyl groups is 1. The average Bonchev–Trinajstić information content (AvgIpc) is 2.91. The fourth-order valence-corrected chi connectivity index (χ4v) is 7.24. The molecule has 3 fully saturated rings. The van der Waals surface area contributed by atoms with Gasteiger partial charge in [-0.25, -0.2) is 0 Å². The molecular weight excluding hydrogens is 316 g/mol. The van der Waals surface area contributed by atoms with Crippen molar-refractivity contribution in [3.05, 3.63) is 11.6 Å². The minimum absolute atomic E-state index is 0.0929. The van der Waals surface area contributed by atoms with Gasteiger partial charge in [0, 0.05) is 12.3 Å². The highest BCUT2D eigenvalue weighted by Gasteiger charge is 2.62. The third-order valence-electron chi connectivity index (χ3n) is 8.35. The highest BCUT2D eigenvalue weighted by Crippen LogP contribution is 2.66. The molecule has 0 aromatic heterocycles. The Kier molecular flexibility index (Phi) is 3.84. The van der Waals surface area contributed by atoms with Crippen molar-refractivity contribution in [1.82, 2.24) is 0 Å². The molecule has 4 nitrogen and oxygen atoms in total. The number of aliphatic hydroxyl groups excluding tert-OH is 1. The van der Waals surface area contributed by atoms with Crippen LogP contribution in [-0.4, -0.2) is 29.1 Å². The van der Waals surface area contributed by atoms with Crippen molar-refractivity contribution < 1.29 is 19.5 Å². The lowest BCUT2D eigenvalue weighted by Crippen LogP contribution is -2.57. The van der Waals surface area contributed by atoms with Crippen molar-refractivity contribution in [2.24, 2.45) is 34.5 Å². The van der Waals surface area contributed by atoms with Crippen LogP contribution in [0.5, 0.6) is 0 Å². The molecular formula is C21H28O4. The molecule has 0 unspecified atom stereocenters. The smallest absolute Gasteiger partial charge is 0.198 e. The van der Waals surface area contributed by atoms with Crippen LogP contribution in [0.4, 0.5) is 0 Å². The van der Waals surface area contributed by atoms with E-state index in [4.69, 9.17) is 0 Å². The van der Waals surface area contributed by atoms with Crippen molar-refractivity contribution >= 4 is 17.9 Å². The maximum absolute atomic E-state index is 12.2. The molecule has 1 N–H and O–H groups in total. The Morgan fingerprint density at radius 2 is 2.00 bits per heavy atom. The first kappa shape index (κ1) is 17.1. The monoisotopic (exact) mass is 344 g/mol. The van der Waals surface area contributed by atoms with Gasteiger partial charge in [-0.2, -0.15) is 0 Å². The largest absolute Gasteiger partial charge is 0.393 e. The van der Waals surface area contributed by atoms with Gasteiger partial charge in [0.15, 0.2) is 17.9 Å². The van der Waals surface area contributed by atoms with E-state index in [-0.39, 0.29) is 34.2 Å². The quantitative estimate of drug-likeness (QED) is 0.618. The molecule has 0 aromatic carbocycles. The predicted molar refractivity (Wildman–Crippen MR) is 92.7 cm³/mol. The number of allylic oxidation sites excluding steroid dienone is 1. The van der Waals surface area contributed by atoms with Gasteiger partial charge in [0.05, 0.1) is 6.10 Å². The van der Waals surface area contributed by atoms with E-state index in [9.17, 15) is 19.5 Å². The molecule has 0 amide bonds. The molecule has 0 saturated heterocycles. The summed E-state index contributed by atoms with van der Waals surface area (Å²) in [5.41, 5.74) is 0.872. The lowest BCUT2D eigenvalue weighted by Gasteiger charge is -2.59. The lowest BCUT2D eigenvalue weighted by molar-refractivity contribution is -0.147. The van der Waals surface area contributed by atoms with E-state index < -0.39 is 6.10 Å². The van der Waals surface area contributed by atoms with Crippen LogP contribution >= 0.6 is 0 Å². The molecule has 0 radical (unpaired) electrons. The van der Waals surface area contributed by atoms with E-state index in [0.29, 0.717) is 31.0 Å². The highest BCUT2D eigenvalue weighted by molar-refractivity contribution is 6.26. The minimum atomic E-state index is -0.465. The Bertz CT molecular complexity index is 665. The molecule has 25 heavy (non-hydrogen) atoms. The number of hydrogen-bond acceptors (Lipinski definition) is 4. The van der Waals surface area contributed by atoms with E-state index >= 15 is 0 Å². The molecule has 4 aliphatic carbocycles. The van der Waals surface area contributed by atoms with Crippen LogP contribution in [0.1, 0.15) is 58.8 Å². The lowest BCUT2D eigenvalue weighted by atomic mass is 9.46. The van der Waals surface area contributed by atoms with Crippen LogP contribution in [0.25, 0.3) is 0 Å². The van der Waals surface area contributed by atoms with Crippen molar-refractivity contribution in [3.8, 4) is 0 Å². The van der Waals surface area contributed by atoms with Gasteiger partial charge in [-0.1, -0.05) is 19.4 Å². The Hall–Kier alpha value is -1.29. The zero-order chi connectivity index (χ0) is 18.0. The first-order valence-corrected chi connectivity index (χ1v) is 9.72. The van der Waals surface area contributed by atoms with Gasteiger partial charge in [-0.3, -0.25) is 14.4 Å². The predicted octanol–water partition coefficient (Wildman–Crippen LogP) is 2.87. The SMILES string of the molecule is C[C@]12C[C@H](O)[C@H]3[C@@H](CCC4=CC(=O)CC[C@@]43C)[C@@H]1CC[C@@H]2C(=O)C=O. The first-order valence-electron chi connectivity index (χ1n) is 9.72. The maximum Gasteiger partial charge on any atom is 0.198 e. The molecule has 0 bridgehead atoms. The van der Waals surface area contributed by atoms with Gasteiger partial charge in [-0.15, -0.1) is 0 Å². The van der Waals surface area contributed by atoms with Crippen molar-refractivity contribution in [2.45, 2.75) is 64.9 Å². The molecule has 4 aliphatic rings. The number of hydrogen-bond donors (Lipinski definition) is 1. The average molecular weight is 344 g/mol. The molecule has 4 rings (SSSR count). The first-order chi connectivity index (χ1) is 11.8. The molecule has 4 heteroatoms. The summed E-state index contributed by atoms with van der Waals surface area (Å²) in [7, 11) is 0. The number of fused-ring (bicyclic) bond motifs is 5. The molecule has 0 spiro atoms. The van der Waals surface area contributed by atoms with Crippen molar-refractivity contribution in [3.63, 3.8) is 0 Å². The van der Waals surface area contributed by atoms with Gasteiger partial charge in [0.25, 0.3) is 0 Å². The third kappa shape index (κ3) is 2.26. The van der Waals surface area contributed by atoms with Gasteiger partial charge in [0.1, 0.15) is 0 Å². The standard InChI is InChI=1S/C21H28O4/c1-20-8-7-13(23)9-12(20)3-4-14-15-5-6-16(18(25)11-22)21(15,2)10-17(24)19(14)20/h9,11,14-17,19,24H,3-8,10H2,1-2H3/t14-,15-,16+,17-,19+,20-,21-/m0/s1. The van der Waals surface area contributed by atoms with E-state index in [1.165, 1.54) is 5.57 Å². The van der Waals surface area contributed by atoms with Crippen molar-refractivity contribution in [2.75, 3.05) is 0 Å². The molecule has 3 saturated carbocycles. The maximum atomic E-state index is 12.2. The summed E-state index contributed by atoms with van der Waals surface area (Å²) in [5.74, 6) is 0.645. The molecule has 136 valence electrons. The summed E-state index contributed by atoms with van der Waals surface area (Å²) in [6, 6.07) is 0. The molecule has 7 atom stereocenters. The Morgan fingerprint density at radius 3 is 2.72 bits per heavy atom. The highest BCUT2D eigenvalue weighted by atomic mass is 16.3. The minimum Gasteiger partial charge on any atom is -0.393 e. The summed E-state index contributed by atoms with van der Waals surface area (Å²) in [6.07, 6.45) is 7.51. The summed E-state index contributed by atoms with van der Waals surface area (Å²) >= 11 is 0. The van der Waals surface area contributed by atoms with Crippen LogP contribution < -0.4 is 0 Å². The Balaban J connectivity index is 1.71. The Morgan fingerprint density at radius 1 is 1.24 bits per heavy atom. The van der Waals surface area contributed by atoms with Crippen LogP contribution in [-0.2, 0) is 14.4 Å². The zero-order valence-electron chi connectivity index (χ0n) is 15.2. The zero-order valence-corrected chi connectivity index (χ0v) is 15.2. The number of carbonyl (C=O) groups is 3. The van der Waals surface area contributed by atoms with E-state index in [2.05, 4.69) is 13.8 Å². The summed E-state index contributed by atoms with van der Waals surface area (Å²) in [5, 5.41) is 11.1. The fraction of sp³-hybridized carbons (Fsp3) is 0.762. The van der Waals surface area contributed by atoms with E-state index in [0.717, 1.165) is 32.1 Å². The van der Waals surface area contributed by atoms with Gasteiger partial charge in [0.2, 0.25) is 0 Å². The summed E-state index contributed by atoms with van der Waals surface area (Å²) in [6.45, 7) is 4.35. The van der Waals surface area contributed by atoms with Crippen LogP contribution in [0.2, 0.25) is 0 Å². The number of Topliss-reactive ketones (excluding diaryl/α,β-unsaturated/α-hetero) is 1. The van der Waals surface area contributed by atoms with Gasteiger partial charge in [-0.05, 0) is 73.2 Å². The van der Waals surface area contributed by atoms with Gasteiger partial charge >= 0.3 is 0 Å². The number of carbonyl (C=O) groups excluding carboxylic acids is 3. The third-order valence-corrected chi connectivity index (χ3v) is 8.35. The molecule has 0 aliphatic heterocycles.